The van der Waals surface area contributed by atoms with Crippen LogP contribution in [-0.4, -0.2) is 30.4 Å². The summed E-state index contributed by atoms with van der Waals surface area (Å²) in [5.74, 6) is -0.688. The van der Waals surface area contributed by atoms with E-state index in [1.165, 1.54) is 18.6 Å². The number of hydrogen-bond donors (Lipinski definition) is 0. The minimum Gasteiger partial charge on any atom is -0.465 e. The van der Waals surface area contributed by atoms with E-state index < -0.39 is 0 Å². The third kappa shape index (κ3) is 5.00. The average Bonchev–Trinajstić information content (AvgIpc) is 2.62. The number of ketones is 1. The maximum absolute atomic E-state index is 12.4. The van der Waals surface area contributed by atoms with Crippen LogP contribution in [0.1, 0.15) is 53.9 Å². The molecular formula is C23H32O5. The summed E-state index contributed by atoms with van der Waals surface area (Å²) in [5, 5.41) is 0. The Morgan fingerprint density at radius 2 is 2.07 bits per heavy atom. The van der Waals surface area contributed by atoms with Crippen LogP contribution in [0.3, 0.4) is 0 Å². The van der Waals surface area contributed by atoms with E-state index in [1.807, 2.05) is 13.8 Å². The molecule has 0 bridgehead atoms. The highest BCUT2D eigenvalue weighted by molar-refractivity contribution is 5.95. The number of allylic oxidation sites excluding steroid dienone is 3. The van der Waals surface area contributed by atoms with Gasteiger partial charge < -0.3 is 9.47 Å². The molecule has 2 rings (SSSR count). The fourth-order valence-corrected chi connectivity index (χ4v) is 4.20. The molecule has 0 aromatic rings. The van der Waals surface area contributed by atoms with Crippen molar-refractivity contribution >= 4 is 17.7 Å². The Hall–Kier alpha value is -2.17. The Morgan fingerprint density at radius 1 is 1.39 bits per heavy atom. The molecule has 0 unspecified atom stereocenters. The summed E-state index contributed by atoms with van der Waals surface area (Å²) >= 11 is 0. The van der Waals surface area contributed by atoms with Gasteiger partial charge in [-0.2, -0.15) is 0 Å². The Morgan fingerprint density at radius 3 is 2.68 bits per heavy atom. The van der Waals surface area contributed by atoms with Crippen molar-refractivity contribution < 1.29 is 23.9 Å². The first kappa shape index (κ1) is 22.1. The first-order chi connectivity index (χ1) is 13.0. The molecule has 1 saturated carbocycles. The summed E-state index contributed by atoms with van der Waals surface area (Å²) in [6.07, 6.45) is 6.92. The van der Waals surface area contributed by atoms with Crippen LogP contribution in [0.25, 0.3) is 0 Å². The molecule has 154 valence electrons. The topological polar surface area (TPSA) is 69.7 Å². The van der Waals surface area contributed by atoms with Gasteiger partial charge in [-0.15, -0.1) is 0 Å². The minimum absolute atomic E-state index is 0.0621. The maximum Gasteiger partial charge on any atom is 0.330 e. The lowest BCUT2D eigenvalue weighted by Crippen LogP contribution is -2.46. The average molecular weight is 389 g/mol. The molecular weight excluding hydrogens is 356 g/mol. The van der Waals surface area contributed by atoms with E-state index in [4.69, 9.17) is 9.47 Å². The summed E-state index contributed by atoms with van der Waals surface area (Å²) < 4.78 is 10.7. The van der Waals surface area contributed by atoms with E-state index in [0.717, 1.165) is 24.8 Å². The Bertz CT molecular complexity index is 717. The second-order valence-electron chi connectivity index (χ2n) is 8.53. The summed E-state index contributed by atoms with van der Waals surface area (Å²) in [4.78, 5) is 35.5. The molecule has 5 nitrogen and oxygen atoms in total. The third-order valence-electron chi connectivity index (χ3n) is 6.26. The molecule has 1 fully saturated rings. The monoisotopic (exact) mass is 388 g/mol. The van der Waals surface area contributed by atoms with Crippen LogP contribution >= 0.6 is 0 Å². The van der Waals surface area contributed by atoms with Gasteiger partial charge in [0.1, 0.15) is 6.10 Å². The van der Waals surface area contributed by atoms with Gasteiger partial charge in [0.25, 0.3) is 0 Å². The minimum atomic E-state index is -0.383. The van der Waals surface area contributed by atoms with Gasteiger partial charge >= 0.3 is 11.9 Å². The van der Waals surface area contributed by atoms with Crippen LogP contribution in [0, 0.1) is 23.2 Å². The van der Waals surface area contributed by atoms with Gasteiger partial charge in [0.2, 0.25) is 0 Å². The third-order valence-corrected chi connectivity index (χ3v) is 6.26. The zero-order valence-electron chi connectivity index (χ0n) is 17.6. The molecule has 0 amide bonds. The van der Waals surface area contributed by atoms with Gasteiger partial charge in [-0.05, 0) is 37.7 Å². The zero-order chi connectivity index (χ0) is 21.1. The molecule has 0 heterocycles. The molecule has 5 heteroatoms. The van der Waals surface area contributed by atoms with Crippen molar-refractivity contribution in [3.63, 3.8) is 0 Å². The van der Waals surface area contributed by atoms with Crippen molar-refractivity contribution in [2.75, 3.05) is 6.61 Å². The highest BCUT2D eigenvalue weighted by atomic mass is 16.5. The molecule has 5 atom stereocenters. The molecule has 0 aromatic heterocycles. The molecule has 0 N–H and O–H groups in total. The molecule has 0 radical (unpaired) electrons. The predicted molar refractivity (Wildman–Crippen MR) is 107 cm³/mol. The number of esters is 2. The summed E-state index contributed by atoms with van der Waals surface area (Å²) in [5.41, 5.74) is 1.88. The number of fused-ring (bicyclic) bond motifs is 1. The highest BCUT2D eigenvalue weighted by Gasteiger charge is 2.48. The van der Waals surface area contributed by atoms with E-state index in [2.05, 4.69) is 20.4 Å². The van der Waals surface area contributed by atoms with Crippen LogP contribution in [0.4, 0.5) is 0 Å². The van der Waals surface area contributed by atoms with Crippen molar-refractivity contribution in [2.24, 2.45) is 23.2 Å². The fraction of sp³-hybridized carbons (Fsp3) is 0.609. The van der Waals surface area contributed by atoms with Gasteiger partial charge in [-0.3, -0.25) is 9.59 Å². The van der Waals surface area contributed by atoms with Gasteiger partial charge in [0.05, 0.1) is 6.61 Å². The van der Waals surface area contributed by atoms with Crippen molar-refractivity contribution in [3.8, 4) is 0 Å². The van der Waals surface area contributed by atoms with Gasteiger partial charge in [-0.1, -0.05) is 44.6 Å². The van der Waals surface area contributed by atoms with Crippen molar-refractivity contribution in [1.29, 1.82) is 0 Å². The molecule has 0 aromatic carbocycles. The molecule has 0 saturated heterocycles. The number of carbonyl (C=O) groups is 3. The van der Waals surface area contributed by atoms with Crippen LogP contribution < -0.4 is 0 Å². The van der Waals surface area contributed by atoms with E-state index >= 15 is 0 Å². The van der Waals surface area contributed by atoms with Crippen LogP contribution in [-0.2, 0) is 23.9 Å². The SMILES string of the molecule is C=C(C)[C@@H]1C[C@@]2(C)C(=CC1=O)CC[C@@H](OC(=O)/C=C\[C@@H](C)COC(C)=O)[C@@H]2C. The Balaban J connectivity index is 2.02. The number of ether oxygens (including phenoxy) is 2. The number of rotatable bonds is 6. The summed E-state index contributed by atoms with van der Waals surface area (Å²) in [6, 6.07) is 0. The maximum atomic E-state index is 12.4. The van der Waals surface area contributed by atoms with Gasteiger partial charge in [0.15, 0.2) is 5.78 Å². The van der Waals surface area contributed by atoms with Crippen LogP contribution in [0.5, 0.6) is 0 Å². The van der Waals surface area contributed by atoms with E-state index in [1.54, 1.807) is 12.2 Å². The van der Waals surface area contributed by atoms with Crippen molar-refractivity contribution in [3.05, 3.63) is 36.0 Å². The van der Waals surface area contributed by atoms with Gasteiger partial charge in [-0.25, -0.2) is 4.79 Å². The Labute approximate surface area is 167 Å². The van der Waals surface area contributed by atoms with Crippen LogP contribution in [0.2, 0.25) is 0 Å². The lowest BCUT2D eigenvalue weighted by atomic mass is 9.57. The van der Waals surface area contributed by atoms with Gasteiger partial charge in [0, 0.05) is 30.8 Å². The lowest BCUT2D eigenvalue weighted by Gasteiger charge is -2.49. The standard InChI is InChI=1S/C23H32O5/c1-14(2)19-12-23(6)16(4)21(9-8-18(23)11-20(19)25)28-22(26)10-7-15(3)13-27-17(5)24/h7,10-11,15-16,19,21H,1,8-9,12-13H2,2-6H3/b10-7-/t15-,16+,19+,21-,23-/m1/s1. The first-order valence-electron chi connectivity index (χ1n) is 9.97. The second-order valence-corrected chi connectivity index (χ2v) is 8.53. The quantitative estimate of drug-likeness (QED) is 0.388. The molecule has 28 heavy (non-hydrogen) atoms. The molecule has 0 aliphatic heterocycles. The van der Waals surface area contributed by atoms with Crippen molar-refractivity contribution in [1.82, 2.24) is 0 Å². The normalized spacial score (nSPS) is 31.0. The van der Waals surface area contributed by atoms with E-state index in [9.17, 15) is 14.4 Å². The zero-order valence-corrected chi connectivity index (χ0v) is 17.6. The number of carbonyl (C=O) groups excluding carboxylic acids is 3. The second kappa shape index (κ2) is 8.89. The van der Waals surface area contributed by atoms with Crippen molar-refractivity contribution in [2.45, 2.75) is 60.0 Å². The summed E-state index contributed by atoms with van der Waals surface area (Å²) in [7, 11) is 0. The van der Waals surface area contributed by atoms with Crippen LogP contribution in [0.15, 0.2) is 36.0 Å². The number of hydrogen-bond acceptors (Lipinski definition) is 5. The largest absolute Gasteiger partial charge is 0.465 e. The van der Waals surface area contributed by atoms with E-state index in [-0.39, 0.29) is 53.6 Å². The smallest absolute Gasteiger partial charge is 0.330 e. The Kier molecular flexibility index (Phi) is 7.02. The fourth-order valence-electron chi connectivity index (χ4n) is 4.20. The molecule has 0 spiro atoms. The predicted octanol–water partition coefficient (Wildman–Crippen LogP) is 4.18. The first-order valence-corrected chi connectivity index (χ1v) is 9.97. The molecule has 2 aliphatic rings. The summed E-state index contributed by atoms with van der Waals surface area (Å²) in [6.45, 7) is 13.6. The lowest BCUT2D eigenvalue weighted by molar-refractivity contribution is -0.150. The highest BCUT2D eigenvalue weighted by Crippen LogP contribution is 2.52. The van der Waals surface area contributed by atoms with E-state index in [0.29, 0.717) is 0 Å². The molecule has 2 aliphatic carbocycles.